The molecular weight excluding hydrogens is 324 g/mol. The molecule has 2 aromatic carbocycles. The molecule has 0 spiro atoms. The van der Waals surface area contributed by atoms with Crippen molar-refractivity contribution in [2.45, 2.75) is 19.6 Å². The first-order valence-corrected chi connectivity index (χ1v) is 7.99. The molecule has 0 aliphatic heterocycles. The Kier molecular flexibility index (Phi) is 5.21. The average Bonchev–Trinajstić information content (AvgIpc) is 2.96. The number of nitrogens with zero attached hydrogens (tertiary/aromatic N) is 2. The second-order valence-electron chi connectivity index (χ2n) is 5.80. The third kappa shape index (κ3) is 3.92. The predicted octanol–water partition coefficient (Wildman–Crippen LogP) is 3.28. The molecule has 1 atom stereocenters. The Morgan fingerprint density at radius 1 is 1.08 bits per heavy atom. The minimum atomic E-state index is -1.26. The van der Waals surface area contributed by atoms with Gasteiger partial charge in [0, 0.05) is 24.8 Å². The fourth-order valence-corrected chi connectivity index (χ4v) is 2.66. The van der Waals surface area contributed by atoms with E-state index < -0.39 is 17.7 Å². The van der Waals surface area contributed by atoms with Gasteiger partial charge in [0.15, 0.2) is 0 Å². The van der Waals surface area contributed by atoms with Crippen molar-refractivity contribution in [1.82, 2.24) is 15.1 Å². The maximum atomic E-state index is 13.7. The molecule has 0 aliphatic carbocycles. The summed E-state index contributed by atoms with van der Waals surface area (Å²) in [6.45, 7) is 2.36. The number of halogens is 2. The molecule has 0 aliphatic rings. The Morgan fingerprint density at radius 3 is 2.44 bits per heavy atom. The van der Waals surface area contributed by atoms with Gasteiger partial charge >= 0.3 is 0 Å². The Labute approximate surface area is 144 Å². The van der Waals surface area contributed by atoms with E-state index in [0.717, 1.165) is 29.1 Å². The molecule has 2 N–H and O–H groups in total. The third-order valence-electron chi connectivity index (χ3n) is 4.01. The van der Waals surface area contributed by atoms with Gasteiger partial charge in [-0.1, -0.05) is 24.3 Å². The van der Waals surface area contributed by atoms with E-state index in [4.69, 9.17) is 0 Å². The topological polar surface area (TPSA) is 50.1 Å². The minimum absolute atomic E-state index is 0.0355. The van der Waals surface area contributed by atoms with E-state index in [2.05, 4.69) is 10.4 Å². The molecule has 1 unspecified atom stereocenters. The van der Waals surface area contributed by atoms with Gasteiger partial charge in [0.2, 0.25) is 0 Å². The molecule has 4 nitrogen and oxygen atoms in total. The van der Waals surface area contributed by atoms with Gasteiger partial charge in [-0.15, -0.1) is 0 Å². The summed E-state index contributed by atoms with van der Waals surface area (Å²) in [5.74, 6) is -1.50. The number of nitrogens with one attached hydrogen (secondary N) is 1. The van der Waals surface area contributed by atoms with Crippen LogP contribution >= 0.6 is 0 Å². The maximum absolute atomic E-state index is 13.7. The smallest absolute Gasteiger partial charge is 0.131 e. The Hall–Kier alpha value is -2.57. The van der Waals surface area contributed by atoms with Gasteiger partial charge < -0.3 is 10.4 Å². The van der Waals surface area contributed by atoms with Gasteiger partial charge in [0.25, 0.3) is 0 Å². The standard InChI is InChI=1S/C19H19F2N3O/c1-13-14(12-24(23-13)15-6-3-2-4-7-15)10-22-11-18(25)19-16(20)8-5-9-17(19)21/h2-9,12,18,22,25H,10-11H2,1H3. The summed E-state index contributed by atoms with van der Waals surface area (Å²) in [6.07, 6.45) is 0.638. The fraction of sp³-hybridized carbons (Fsp3) is 0.211. The summed E-state index contributed by atoms with van der Waals surface area (Å²) in [5.41, 5.74) is 2.44. The van der Waals surface area contributed by atoms with E-state index >= 15 is 0 Å². The summed E-state index contributed by atoms with van der Waals surface area (Å²) in [5, 5.41) is 17.5. The molecule has 130 valence electrons. The molecule has 1 aromatic heterocycles. The van der Waals surface area contributed by atoms with Crippen LogP contribution in [0.5, 0.6) is 0 Å². The van der Waals surface area contributed by atoms with Crippen LogP contribution in [0, 0.1) is 18.6 Å². The number of aromatic nitrogens is 2. The second kappa shape index (κ2) is 7.55. The lowest BCUT2D eigenvalue weighted by Crippen LogP contribution is -2.22. The van der Waals surface area contributed by atoms with Crippen LogP contribution in [0.3, 0.4) is 0 Å². The van der Waals surface area contributed by atoms with E-state index in [1.54, 1.807) is 4.68 Å². The van der Waals surface area contributed by atoms with E-state index in [1.807, 2.05) is 43.5 Å². The highest BCUT2D eigenvalue weighted by Crippen LogP contribution is 2.20. The third-order valence-corrected chi connectivity index (χ3v) is 4.01. The van der Waals surface area contributed by atoms with Gasteiger partial charge in [-0.05, 0) is 31.2 Å². The summed E-state index contributed by atoms with van der Waals surface area (Å²) < 4.78 is 29.1. The minimum Gasteiger partial charge on any atom is -0.387 e. The fourth-order valence-electron chi connectivity index (χ4n) is 2.66. The van der Waals surface area contributed by atoms with Crippen LogP contribution in [0.25, 0.3) is 5.69 Å². The quantitative estimate of drug-likeness (QED) is 0.722. The summed E-state index contributed by atoms with van der Waals surface area (Å²) in [6, 6.07) is 13.3. The first kappa shape index (κ1) is 17.3. The summed E-state index contributed by atoms with van der Waals surface area (Å²) >= 11 is 0. The highest BCUT2D eigenvalue weighted by atomic mass is 19.1. The summed E-state index contributed by atoms with van der Waals surface area (Å²) in [7, 11) is 0. The molecule has 0 radical (unpaired) electrons. The predicted molar refractivity (Wildman–Crippen MR) is 91.3 cm³/mol. The molecule has 0 saturated carbocycles. The molecule has 0 fully saturated rings. The number of rotatable bonds is 6. The average molecular weight is 343 g/mol. The Bertz CT molecular complexity index is 829. The molecule has 6 heteroatoms. The van der Waals surface area contributed by atoms with Crippen LogP contribution in [0.2, 0.25) is 0 Å². The molecule has 0 amide bonds. The van der Waals surface area contributed by atoms with E-state index in [-0.39, 0.29) is 12.1 Å². The van der Waals surface area contributed by atoms with Crippen molar-refractivity contribution in [3.63, 3.8) is 0 Å². The molecular formula is C19H19F2N3O. The van der Waals surface area contributed by atoms with Crippen molar-refractivity contribution in [2.75, 3.05) is 6.54 Å². The lowest BCUT2D eigenvalue weighted by atomic mass is 10.1. The van der Waals surface area contributed by atoms with Crippen molar-refractivity contribution in [3.8, 4) is 5.69 Å². The van der Waals surface area contributed by atoms with Gasteiger partial charge in [-0.2, -0.15) is 5.10 Å². The van der Waals surface area contributed by atoms with Crippen molar-refractivity contribution in [2.24, 2.45) is 0 Å². The molecule has 25 heavy (non-hydrogen) atoms. The van der Waals surface area contributed by atoms with Crippen molar-refractivity contribution in [3.05, 3.63) is 83.2 Å². The number of para-hydroxylation sites is 1. The van der Waals surface area contributed by atoms with Crippen LogP contribution in [-0.4, -0.2) is 21.4 Å². The Balaban J connectivity index is 1.64. The molecule has 0 saturated heterocycles. The first-order valence-electron chi connectivity index (χ1n) is 7.99. The SMILES string of the molecule is Cc1nn(-c2ccccc2)cc1CNCC(O)c1c(F)cccc1F. The van der Waals surface area contributed by atoms with Crippen LogP contribution < -0.4 is 5.32 Å². The van der Waals surface area contributed by atoms with E-state index in [0.29, 0.717) is 6.54 Å². The number of hydrogen-bond acceptors (Lipinski definition) is 3. The first-order chi connectivity index (χ1) is 12.1. The van der Waals surface area contributed by atoms with Gasteiger partial charge in [-0.25, -0.2) is 13.5 Å². The van der Waals surface area contributed by atoms with Crippen LogP contribution in [0.15, 0.2) is 54.7 Å². The monoisotopic (exact) mass is 343 g/mol. The number of aliphatic hydroxyl groups excluding tert-OH is 1. The zero-order valence-corrected chi connectivity index (χ0v) is 13.8. The van der Waals surface area contributed by atoms with Gasteiger partial charge in [0.05, 0.1) is 23.0 Å². The molecule has 1 heterocycles. The zero-order valence-electron chi connectivity index (χ0n) is 13.8. The normalized spacial score (nSPS) is 12.3. The van der Waals surface area contributed by atoms with Crippen molar-refractivity contribution in [1.29, 1.82) is 0 Å². The van der Waals surface area contributed by atoms with Crippen LogP contribution in [0.4, 0.5) is 8.78 Å². The van der Waals surface area contributed by atoms with Crippen molar-refractivity contribution < 1.29 is 13.9 Å². The van der Waals surface area contributed by atoms with E-state index in [9.17, 15) is 13.9 Å². The molecule has 3 rings (SSSR count). The van der Waals surface area contributed by atoms with Crippen LogP contribution in [0.1, 0.15) is 22.9 Å². The van der Waals surface area contributed by atoms with Crippen LogP contribution in [-0.2, 0) is 6.54 Å². The van der Waals surface area contributed by atoms with Gasteiger partial charge in [-0.3, -0.25) is 0 Å². The Morgan fingerprint density at radius 2 is 1.76 bits per heavy atom. The molecule has 0 bridgehead atoms. The second-order valence-corrected chi connectivity index (χ2v) is 5.80. The van der Waals surface area contributed by atoms with Crippen molar-refractivity contribution >= 4 is 0 Å². The lowest BCUT2D eigenvalue weighted by molar-refractivity contribution is 0.164. The maximum Gasteiger partial charge on any atom is 0.131 e. The van der Waals surface area contributed by atoms with Gasteiger partial charge in [0.1, 0.15) is 11.6 Å². The highest BCUT2D eigenvalue weighted by molar-refractivity contribution is 5.32. The summed E-state index contributed by atoms with van der Waals surface area (Å²) in [4.78, 5) is 0. The number of benzene rings is 2. The lowest BCUT2D eigenvalue weighted by Gasteiger charge is -2.13. The number of aryl methyl sites for hydroxylation is 1. The number of aliphatic hydroxyl groups is 1. The zero-order chi connectivity index (χ0) is 17.8. The highest BCUT2D eigenvalue weighted by Gasteiger charge is 2.17. The number of hydrogen-bond donors (Lipinski definition) is 2. The van der Waals surface area contributed by atoms with E-state index in [1.165, 1.54) is 6.07 Å². The largest absolute Gasteiger partial charge is 0.387 e. The molecule has 3 aromatic rings.